The van der Waals surface area contributed by atoms with Crippen molar-refractivity contribution >= 4 is 26.9 Å². The van der Waals surface area contributed by atoms with E-state index in [4.69, 9.17) is 5.73 Å². The van der Waals surface area contributed by atoms with Gasteiger partial charge in [0.2, 0.25) is 5.95 Å². The number of rotatable bonds is 3. The predicted octanol–water partition coefficient (Wildman–Crippen LogP) is -4.35. The molecule has 1 saturated carbocycles. The smallest absolute Gasteiger partial charge is 0.634 e. The molecular formula is C14H19N5ORb2Si+. The summed E-state index contributed by atoms with van der Waals surface area (Å²) in [4.78, 5) is 22.5. The van der Waals surface area contributed by atoms with Gasteiger partial charge in [-0.2, -0.15) is 10.5 Å². The van der Waals surface area contributed by atoms with E-state index in [2.05, 4.69) is 28.5 Å². The number of nitrogen functional groups attached to an aromatic ring is 1. The molecule has 1 fully saturated rings. The van der Waals surface area contributed by atoms with Crippen LogP contribution in [0.3, 0.4) is 0 Å². The number of fused-ring (bicyclic) bond motifs is 1. The Morgan fingerprint density at radius 1 is 1.43 bits per heavy atom. The van der Waals surface area contributed by atoms with Gasteiger partial charge in [0, 0.05) is 0 Å². The minimum absolute atomic E-state index is 0. The van der Waals surface area contributed by atoms with E-state index in [0.29, 0.717) is 5.92 Å². The molecule has 2 aromatic rings. The van der Waals surface area contributed by atoms with Crippen LogP contribution in [0, 0.1) is 12.8 Å². The fourth-order valence-corrected chi connectivity index (χ4v) is 4.31. The summed E-state index contributed by atoms with van der Waals surface area (Å²) in [6.07, 6.45) is 3.66. The summed E-state index contributed by atoms with van der Waals surface area (Å²) in [5, 5.41) is 0. The van der Waals surface area contributed by atoms with Crippen molar-refractivity contribution in [2.75, 3.05) is 5.73 Å². The van der Waals surface area contributed by atoms with Gasteiger partial charge in [0.15, 0.2) is 5.65 Å². The molecular weight excluding hydrogens is 453 g/mol. The number of aryl methyl sites for hydroxylation is 1. The van der Waals surface area contributed by atoms with E-state index >= 15 is 0 Å². The molecule has 6 nitrogen and oxygen atoms in total. The van der Waals surface area contributed by atoms with Crippen LogP contribution in [0.5, 0.6) is 0 Å². The van der Waals surface area contributed by atoms with Gasteiger partial charge in [-0.3, -0.25) is 9.76 Å². The number of nitrogens with zero attached hydrogens (tertiary/aromatic N) is 4. The normalized spacial score (nSPS) is 23.6. The molecule has 0 spiro atoms. The first-order valence-corrected chi connectivity index (χ1v) is 8.14. The number of hydrogen-bond acceptors (Lipinski definition) is 5. The molecule has 1 aliphatic rings. The third-order valence-electron chi connectivity index (χ3n) is 4.42. The number of nitrogens with two attached hydrogens (primary N) is 1. The Kier molecular flexibility index (Phi) is 9.67. The zero-order valence-corrected chi connectivity index (χ0v) is 25.1. The molecule has 23 heavy (non-hydrogen) atoms. The van der Waals surface area contributed by atoms with Crippen molar-refractivity contribution in [2.24, 2.45) is 5.92 Å². The molecule has 1 aliphatic carbocycles. The molecule has 0 unspecified atom stereocenters. The van der Waals surface area contributed by atoms with Gasteiger partial charge in [0.05, 0.1) is 18.1 Å². The Bertz CT molecular complexity index is 708. The van der Waals surface area contributed by atoms with Crippen molar-refractivity contribution in [2.45, 2.75) is 38.3 Å². The molecule has 3 rings (SSSR count). The first kappa shape index (κ1) is 22.9. The predicted molar refractivity (Wildman–Crippen MR) is 82.8 cm³/mol. The Balaban J connectivity index is 0.00000132. The SMILES string of the molecule is C=C1[C@H](CC)[C@@H]([Si-]O)C[C@@H]1n1cnc2c(C)nc(N)nc21.[Rb+].[Rb+]. The van der Waals surface area contributed by atoms with Crippen LogP contribution in [-0.4, -0.2) is 34.1 Å². The number of anilines is 1. The van der Waals surface area contributed by atoms with Crippen molar-refractivity contribution in [3.8, 4) is 0 Å². The molecule has 0 bridgehead atoms. The van der Waals surface area contributed by atoms with Crippen LogP contribution in [0.15, 0.2) is 18.5 Å². The number of aromatic nitrogens is 4. The molecule has 111 valence electrons. The first-order chi connectivity index (χ1) is 10.1. The molecule has 3 N–H and O–H groups in total. The van der Waals surface area contributed by atoms with Crippen molar-refractivity contribution in [3.05, 3.63) is 24.2 Å². The van der Waals surface area contributed by atoms with Gasteiger partial charge in [0.25, 0.3) is 0 Å². The average molecular weight is 472 g/mol. The quantitative estimate of drug-likeness (QED) is 0.349. The number of hydrogen-bond donors (Lipinski definition) is 2. The van der Waals surface area contributed by atoms with Crippen LogP contribution in [-0.2, 0) is 0 Å². The molecule has 0 saturated heterocycles. The molecule has 2 aromatic heterocycles. The van der Waals surface area contributed by atoms with E-state index in [0.717, 1.165) is 35.3 Å². The standard InChI is InChI=1S/C14H19N5OSi.2Rb/c1-4-9-7(2)10(5-11(9)21-20)19-6-16-12-8(3)17-14(15)18-13(12)19;;/h6,9-11,20H,2,4-5H2,1,3H3,(H2,15,17,18);;/q-1;2*+1/t9-,10-,11-;;/m0../s1. The summed E-state index contributed by atoms with van der Waals surface area (Å²) >= 11 is 0. The van der Waals surface area contributed by atoms with E-state index in [-0.39, 0.29) is 144 Å². The Hall–Kier alpha value is 1.88. The Morgan fingerprint density at radius 3 is 2.70 bits per heavy atom. The second-order valence-corrected chi connectivity index (χ2v) is 6.57. The van der Waals surface area contributed by atoms with Crippen LogP contribution in [0.25, 0.3) is 11.2 Å². The third kappa shape index (κ3) is 4.41. The van der Waals surface area contributed by atoms with Gasteiger partial charge in [-0.25, -0.2) is 9.97 Å². The Labute approximate surface area is 236 Å². The minimum atomic E-state index is -0.0548. The molecule has 0 amide bonds. The van der Waals surface area contributed by atoms with Crippen molar-refractivity contribution < 1.29 is 121 Å². The fourth-order valence-electron chi connectivity index (χ4n) is 3.35. The fraction of sp³-hybridized carbons (Fsp3) is 0.500. The molecule has 9 heteroatoms. The van der Waals surface area contributed by atoms with E-state index < -0.39 is 0 Å². The zero-order valence-electron chi connectivity index (χ0n) is 14.2. The minimum Gasteiger partial charge on any atom is -0.634 e. The first-order valence-electron chi connectivity index (χ1n) is 7.11. The second-order valence-electron chi connectivity index (χ2n) is 5.57. The van der Waals surface area contributed by atoms with E-state index in [1.54, 1.807) is 6.33 Å². The molecule has 0 aromatic carbocycles. The number of allylic oxidation sites excluding steroid dienone is 1. The maximum absolute atomic E-state index is 9.62. The summed E-state index contributed by atoms with van der Waals surface area (Å²) in [6.45, 7) is 8.29. The van der Waals surface area contributed by atoms with Crippen molar-refractivity contribution in [1.29, 1.82) is 0 Å². The van der Waals surface area contributed by atoms with Gasteiger partial charge >= 0.3 is 116 Å². The van der Waals surface area contributed by atoms with Crippen LogP contribution < -0.4 is 122 Å². The summed E-state index contributed by atoms with van der Waals surface area (Å²) in [7, 11) is -0.0548. The summed E-state index contributed by atoms with van der Waals surface area (Å²) in [5.74, 6) is 0.619. The zero-order chi connectivity index (χ0) is 15.1. The van der Waals surface area contributed by atoms with Crippen molar-refractivity contribution in [1.82, 2.24) is 19.5 Å². The maximum Gasteiger partial charge on any atom is 1.00 e. The van der Waals surface area contributed by atoms with Gasteiger partial charge in [-0.05, 0) is 12.8 Å². The average Bonchev–Trinajstić information content (AvgIpc) is 2.99. The summed E-state index contributed by atoms with van der Waals surface area (Å²) in [6, 6.07) is 0.123. The van der Waals surface area contributed by atoms with Gasteiger partial charge in [-0.15, -0.1) is 0 Å². The molecule has 3 atom stereocenters. The molecule has 0 aliphatic heterocycles. The van der Waals surface area contributed by atoms with Crippen LogP contribution in [0.1, 0.15) is 31.5 Å². The summed E-state index contributed by atoms with van der Waals surface area (Å²) in [5.41, 5.74) is 9.52. The third-order valence-corrected chi connectivity index (χ3v) is 5.39. The number of imidazole rings is 1. The van der Waals surface area contributed by atoms with Gasteiger partial charge in [-0.1, -0.05) is 31.9 Å². The van der Waals surface area contributed by atoms with Crippen molar-refractivity contribution in [3.63, 3.8) is 0 Å². The van der Waals surface area contributed by atoms with E-state index in [1.165, 1.54) is 0 Å². The molecule has 2 heterocycles. The van der Waals surface area contributed by atoms with Gasteiger partial charge in [0.1, 0.15) is 5.52 Å². The van der Waals surface area contributed by atoms with Crippen LogP contribution in [0.4, 0.5) is 5.95 Å². The van der Waals surface area contributed by atoms with Gasteiger partial charge < -0.3 is 15.1 Å². The van der Waals surface area contributed by atoms with E-state index in [1.807, 2.05) is 11.5 Å². The molecule has 1 radical (unpaired) electrons. The Morgan fingerprint density at radius 2 is 2.13 bits per heavy atom. The van der Waals surface area contributed by atoms with E-state index in [9.17, 15) is 4.80 Å². The largest absolute Gasteiger partial charge is 1.00 e. The van der Waals surface area contributed by atoms with Crippen LogP contribution >= 0.6 is 0 Å². The topological polar surface area (TPSA) is 89.8 Å². The van der Waals surface area contributed by atoms with Crippen LogP contribution in [0.2, 0.25) is 5.54 Å². The maximum atomic E-state index is 9.62. The summed E-state index contributed by atoms with van der Waals surface area (Å²) < 4.78 is 2.03. The second kappa shape index (κ2) is 9.71. The monoisotopic (exact) mass is 471 g/mol.